The molecule has 1 unspecified atom stereocenters. The van der Waals surface area contributed by atoms with Gasteiger partial charge >= 0.3 is 6.03 Å². The number of amides is 2. The normalized spacial score (nSPS) is 19.8. The van der Waals surface area contributed by atoms with E-state index in [9.17, 15) is 9.90 Å². The number of piperazine rings is 1. The van der Waals surface area contributed by atoms with Crippen molar-refractivity contribution in [2.24, 2.45) is 0 Å². The molecule has 0 radical (unpaired) electrons. The van der Waals surface area contributed by atoms with Crippen LogP contribution in [0.15, 0.2) is 12.4 Å². The summed E-state index contributed by atoms with van der Waals surface area (Å²) in [6.45, 7) is 14.5. The molecule has 2 N–H and O–H groups in total. The Bertz CT molecular complexity index is 589. The molecule has 0 aromatic carbocycles. The van der Waals surface area contributed by atoms with Crippen molar-refractivity contribution < 1.29 is 9.90 Å². The molecule has 25 heavy (non-hydrogen) atoms. The highest BCUT2D eigenvalue weighted by Crippen LogP contribution is 2.19. The third kappa shape index (κ3) is 5.64. The van der Waals surface area contributed by atoms with E-state index in [1.165, 1.54) is 0 Å². The van der Waals surface area contributed by atoms with Crippen LogP contribution >= 0.6 is 0 Å². The molecule has 2 heterocycles. The maximum Gasteiger partial charge on any atom is 0.322 e. The van der Waals surface area contributed by atoms with Gasteiger partial charge in [0.1, 0.15) is 5.82 Å². The van der Waals surface area contributed by atoms with Gasteiger partial charge in [-0.3, -0.25) is 4.90 Å². The summed E-state index contributed by atoms with van der Waals surface area (Å²) in [4.78, 5) is 25.2. The minimum absolute atomic E-state index is 0.0749. The summed E-state index contributed by atoms with van der Waals surface area (Å²) in [7, 11) is 0. The minimum Gasteiger partial charge on any atom is -0.389 e. The lowest BCUT2D eigenvalue weighted by molar-refractivity contribution is 0.0130. The summed E-state index contributed by atoms with van der Waals surface area (Å²) < 4.78 is 0. The molecular weight excluding hydrogens is 318 g/mol. The predicted octanol–water partition coefficient (Wildman–Crippen LogP) is 2.08. The molecule has 1 atom stereocenters. The first-order valence-corrected chi connectivity index (χ1v) is 8.80. The lowest BCUT2D eigenvalue weighted by Crippen LogP contribution is -2.57. The first-order valence-electron chi connectivity index (χ1n) is 8.80. The molecule has 1 fully saturated rings. The lowest BCUT2D eigenvalue weighted by atomic mass is 9.96. The Hall–Kier alpha value is -1.73. The molecule has 0 spiro atoms. The molecule has 1 saturated heterocycles. The number of aromatic nitrogens is 2. The van der Waals surface area contributed by atoms with E-state index >= 15 is 0 Å². The molecular formula is C18H31N5O2. The summed E-state index contributed by atoms with van der Waals surface area (Å²) in [5.74, 6) is 0.749. The van der Waals surface area contributed by atoms with E-state index in [1.807, 2.05) is 11.8 Å². The fraction of sp³-hybridized carbons (Fsp3) is 0.722. The fourth-order valence-electron chi connectivity index (χ4n) is 3.00. The first kappa shape index (κ1) is 19.6. The molecule has 0 aliphatic carbocycles. The lowest BCUT2D eigenvalue weighted by Gasteiger charge is -2.41. The number of carbonyl (C=O) groups excluding carboxylic acids is 1. The van der Waals surface area contributed by atoms with Gasteiger partial charge in [0.25, 0.3) is 0 Å². The molecule has 7 heteroatoms. The maximum atomic E-state index is 12.5. The zero-order valence-electron chi connectivity index (χ0n) is 16.2. The second-order valence-electron chi connectivity index (χ2n) is 8.57. The Morgan fingerprint density at radius 2 is 1.84 bits per heavy atom. The van der Waals surface area contributed by atoms with E-state index in [0.29, 0.717) is 18.8 Å². The van der Waals surface area contributed by atoms with E-state index in [1.54, 1.807) is 26.2 Å². The van der Waals surface area contributed by atoms with Gasteiger partial charge in [-0.15, -0.1) is 0 Å². The van der Waals surface area contributed by atoms with Crippen molar-refractivity contribution >= 4 is 11.7 Å². The molecule has 1 aromatic rings. The highest BCUT2D eigenvalue weighted by molar-refractivity contribution is 5.89. The van der Waals surface area contributed by atoms with Gasteiger partial charge in [-0.05, 0) is 20.8 Å². The monoisotopic (exact) mass is 349 g/mol. The number of urea groups is 1. The maximum absolute atomic E-state index is 12.5. The van der Waals surface area contributed by atoms with Crippen LogP contribution in [-0.4, -0.2) is 68.7 Å². The highest BCUT2D eigenvalue weighted by atomic mass is 16.3. The molecule has 1 aromatic heterocycles. The quantitative estimate of drug-likeness (QED) is 0.873. The summed E-state index contributed by atoms with van der Waals surface area (Å²) >= 11 is 0. The zero-order chi connectivity index (χ0) is 18.8. The average Bonchev–Trinajstić information content (AvgIpc) is 2.45. The second kappa shape index (κ2) is 7.25. The zero-order valence-corrected chi connectivity index (χ0v) is 16.2. The van der Waals surface area contributed by atoms with Crippen molar-refractivity contribution in [1.29, 1.82) is 0 Å². The number of nitrogens with one attached hydrogen (secondary N) is 1. The molecule has 0 saturated carbocycles. The van der Waals surface area contributed by atoms with Gasteiger partial charge in [0.15, 0.2) is 0 Å². The number of nitrogens with zero attached hydrogens (tertiary/aromatic N) is 4. The number of aliphatic hydroxyl groups is 1. The Balaban J connectivity index is 1.93. The molecule has 7 nitrogen and oxygen atoms in total. The van der Waals surface area contributed by atoms with Crippen LogP contribution in [0.3, 0.4) is 0 Å². The smallest absolute Gasteiger partial charge is 0.322 e. The summed E-state index contributed by atoms with van der Waals surface area (Å²) in [6.07, 6.45) is 3.31. The van der Waals surface area contributed by atoms with E-state index < -0.39 is 5.60 Å². The number of anilines is 1. The van der Waals surface area contributed by atoms with Crippen molar-refractivity contribution in [2.45, 2.75) is 58.6 Å². The van der Waals surface area contributed by atoms with Crippen LogP contribution in [0.1, 0.15) is 47.4 Å². The van der Waals surface area contributed by atoms with Gasteiger partial charge in [0, 0.05) is 37.6 Å². The number of carbonyl (C=O) groups is 1. The van der Waals surface area contributed by atoms with Gasteiger partial charge < -0.3 is 15.3 Å². The van der Waals surface area contributed by atoms with Crippen LogP contribution < -0.4 is 5.32 Å². The van der Waals surface area contributed by atoms with Crippen LogP contribution in [0.4, 0.5) is 10.5 Å². The van der Waals surface area contributed by atoms with Gasteiger partial charge in [-0.2, -0.15) is 0 Å². The van der Waals surface area contributed by atoms with Crippen molar-refractivity contribution in [3.63, 3.8) is 0 Å². The molecule has 1 aliphatic rings. The van der Waals surface area contributed by atoms with Crippen LogP contribution in [-0.2, 0) is 5.41 Å². The molecule has 2 amide bonds. The van der Waals surface area contributed by atoms with E-state index in [4.69, 9.17) is 0 Å². The standard InChI is InChI=1S/C18H31N5O2/c1-13-11-22(12-18(5,6)25)7-8-23(13)16(24)21-14-9-19-15(20-10-14)17(2,3)4/h9-10,13,25H,7-8,11-12H2,1-6H3,(H,21,24). The van der Waals surface area contributed by atoms with Crippen molar-refractivity contribution in [1.82, 2.24) is 19.8 Å². The SMILES string of the molecule is CC1CN(CC(C)(C)O)CCN1C(=O)Nc1cnc(C(C)(C)C)nc1. The van der Waals surface area contributed by atoms with Crippen molar-refractivity contribution in [3.8, 4) is 0 Å². The Kier molecular flexibility index (Phi) is 5.68. The number of rotatable bonds is 3. The topological polar surface area (TPSA) is 81.6 Å². The summed E-state index contributed by atoms with van der Waals surface area (Å²) in [6, 6.07) is -0.0617. The van der Waals surface area contributed by atoms with Gasteiger partial charge in [0.2, 0.25) is 0 Å². The Morgan fingerprint density at radius 1 is 1.24 bits per heavy atom. The summed E-state index contributed by atoms with van der Waals surface area (Å²) in [5, 5.41) is 12.8. The molecule has 2 rings (SSSR count). The van der Waals surface area contributed by atoms with Crippen LogP contribution in [0.2, 0.25) is 0 Å². The van der Waals surface area contributed by atoms with Crippen LogP contribution in [0, 0.1) is 0 Å². The predicted molar refractivity (Wildman–Crippen MR) is 98.7 cm³/mol. The number of hydrogen-bond acceptors (Lipinski definition) is 5. The number of hydrogen-bond donors (Lipinski definition) is 2. The first-order chi connectivity index (χ1) is 11.5. The third-order valence-corrected chi connectivity index (χ3v) is 4.16. The van der Waals surface area contributed by atoms with Gasteiger partial charge in [-0.1, -0.05) is 20.8 Å². The van der Waals surface area contributed by atoms with Crippen molar-refractivity contribution in [2.75, 3.05) is 31.5 Å². The number of β-amino-alcohol motifs (C(OH)–C–C–N with tert-alkyl or cyclic N) is 1. The van der Waals surface area contributed by atoms with Crippen molar-refractivity contribution in [3.05, 3.63) is 18.2 Å². The largest absolute Gasteiger partial charge is 0.389 e. The van der Waals surface area contributed by atoms with Crippen LogP contribution in [0.25, 0.3) is 0 Å². The van der Waals surface area contributed by atoms with Gasteiger partial charge in [0.05, 0.1) is 23.7 Å². The fourth-order valence-corrected chi connectivity index (χ4v) is 3.00. The average molecular weight is 349 g/mol. The van der Waals surface area contributed by atoms with E-state index in [2.05, 4.69) is 41.0 Å². The summed E-state index contributed by atoms with van der Waals surface area (Å²) in [5.41, 5.74) is -0.242. The molecule has 0 bridgehead atoms. The highest BCUT2D eigenvalue weighted by Gasteiger charge is 2.30. The van der Waals surface area contributed by atoms with Gasteiger partial charge in [-0.25, -0.2) is 14.8 Å². The van der Waals surface area contributed by atoms with Crippen LogP contribution in [0.5, 0.6) is 0 Å². The molecule has 140 valence electrons. The van der Waals surface area contributed by atoms with E-state index in [-0.39, 0.29) is 17.5 Å². The Labute approximate surface area is 150 Å². The third-order valence-electron chi connectivity index (χ3n) is 4.16. The second-order valence-corrected chi connectivity index (χ2v) is 8.57. The minimum atomic E-state index is -0.726. The molecule has 1 aliphatic heterocycles. The van der Waals surface area contributed by atoms with E-state index in [0.717, 1.165) is 18.9 Å². The Morgan fingerprint density at radius 3 is 2.32 bits per heavy atom.